The lowest BCUT2D eigenvalue weighted by Gasteiger charge is -2.29. The molecular formula is C24H26ClN3O3. The van der Waals surface area contributed by atoms with E-state index in [1.807, 2.05) is 18.2 Å². The third kappa shape index (κ3) is 4.45. The Morgan fingerprint density at radius 1 is 1.23 bits per heavy atom. The lowest BCUT2D eigenvalue weighted by atomic mass is 9.91. The number of nitrogens with one attached hydrogen (secondary N) is 1. The van der Waals surface area contributed by atoms with E-state index in [4.69, 9.17) is 22.1 Å². The number of carbonyl (C=O) groups excluding carboxylic acids is 1. The molecule has 0 spiro atoms. The molecule has 1 heterocycles. The number of aromatic nitrogens is 1. The summed E-state index contributed by atoms with van der Waals surface area (Å²) < 4.78 is 5.25. The maximum absolute atomic E-state index is 11.3. The Balaban J connectivity index is 1.80. The Hall–Kier alpha value is -2.83. The molecule has 4 rings (SSSR count). The third-order valence-corrected chi connectivity index (χ3v) is 6.24. The normalized spacial score (nSPS) is 18.7. The number of ether oxygens (including phenoxy) is 1. The largest absolute Gasteiger partial charge is 0.503 e. The highest BCUT2D eigenvalue weighted by atomic mass is 35.5. The molecule has 0 amide bonds. The van der Waals surface area contributed by atoms with E-state index in [1.165, 1.54) is 7.11 Å². The van der Waals surface area contributed by atoms with Crippen molar-refractivity contribution in [2.45, 2.75) is 44.2 Å². The summed E-state index contributed by atoms with van der Waals surface area (Å²) in [5, 5.41) is 14.9. The third-order valence-electron chi connectivity index (χ3n) is 5.95. The minimum Gasteiger partial charge on any atom is -0.503 e. The van der Waals surface area contributed by atoms with Crippen molar-refractivity contribution in [3.8, 4) is 22.6 Å². The topological polar surface area (TPSA) is 97.5 Å². The van der Waals surface area contributed by atoms with Crippen molar-refractivity contribution >= 4 is 34.5 Å². The molecule has 0 aliphatic heterocycles. The van der Waals surface area contributed by atoms with Gasteiger partial charge in [0, 0.05) is 41.3 Å². The average molecular weight is 440 g/mol. The van der Waals surface area contributed by atoms with Gasteiger partial charge in [-0.2, -0.15) is 0 Å². The van der Waals surface area contributed by atoms with Gasteiger partial charge in [0.25, 0.3) is 0 Å². The number of anilines is 1. The molecule has 0 saturated heterocycles. The highest BCUT2D eigenvalue weighted by molar-refractivity contribution is 6.32. The molecule has 31 heavy (non-hydrogen) atoms. The SMILES string of the molecule is COc1cc(-c2ccc3ncc(CC=O)c(NC4CCC(N)CC4)c3c2)cc(Cl)c1O. The first-order chi connectivity index (χ1) is 15.0. The number of fused-ring (bicyclic) bond motifs is 1. The predicted molar refractivity (Wildman–Crippen MR) is 124 cm³/mol. The van der Waals surface area contributed by atoms with E-state index in [0.29, 0.717) is 18.2 Å². The first kappa shape index (κ1) is 21.4. The van der Waals surface area contributed by atoms with Gasteiger partial charge in [0.1, 0.15) is 6.29 Å². The Kier molecular flexibility index (Phi) is 6.30. The molecule has 7 heteroatoms. The van der Waals surface area contributed by atoms with Crippen molar-refractivity contribution in [2.75, 3.05) is 12.4 Å². The van der Waals surface area contributed by atoms with Gasteiger partial charge in [-0.15, -0.1) is 0 Å². The standard InChI is InChI=1S/C24H26ClN3O3/c1-31-22-12-16(11-20(25)24(22)30)14-2-7-21-19(10-14)23(15(8-9-29)13-27-21)28-18-5-3-17(26)4-6-18/h2,7,9-13,17-18,30H,3-6,8,26H2,1H3,(H,27,28). The van der Waals surface area contributed by atoms with Crippen LogP contribution in [0.5, 0.6) is 11.5 Å². The minimum atomic E-state index is -0.0819. The van der Waals surface area contributed by atoms with Crippen LogP contribution in [0.15, 0.2) is 36.5 Å². The smallest absolute Gasteiger partial charge is 0.176 e. The molecule has 6 nitrogen and oxygen atoms in total. The highest BCUT2D eigenvalue weighted by Crippen LogP contribution is 2.40. The van der Waals surface area contributed by atoms with Crippen LogP contribution in [0.2, 0.25) is 5.02 Å². The minimum absolute atomic E-state index is 0.0819. The number of benzene rings is 2. The number of phenolic OH excluding ortho intramolecular Hbond substituents is 1. The van der Waals surface area contributed by atoms with Gasteiger partial charge in [0.2, 0.25) is 0 Å². The van der Waals surface area contributed by atoms with Crippen molar-refractivity contribution in [1.29, 1.82) is 0 Å². The first-order valence-electron chi connectivity index (χ1n) is 10.4. The maximum atomic E-state index is 11.3. The lowest BCUT2D eigenvalue weighted by molar-refractivity contribution is -0.107. The fraction of sp³-hybridized carbons (Fsp3) is 0.333. The molecule has 0 radical (unpaired) electrons. The molecule has 162 valence electrons. The molecule has 2 aromatic carbocycles. The number of pyridine rings is 1. The first-order valence-corrected chi connectivity index (χ1v) is 10.8. The van der Waals surface area contributed by atoms with Gasteiger partial charge in [-0.25, -0.2) is 0 Å². The summed E-state index contributed by atoms with van der Waals surface area (Å²) in [4.78, 5) is 15.9. The predicted octanol–water partition coefficient (Wildman–Crippen LogP) is 4.69. The van der Waals surface area contributed by atoms with Crippen molar-refractivity contribution < 1.29 is 14.6 Å². The number of hydrogen-bond acceptors (Lipinski definition) is 6. The molecule has 0 unspecified atom stereocenters. The van der Waals surface area contributed by atoms with Crippen LogP contribution >= 0.6 is 11.6 Å². The Labute approximate surface area is 186 Å². The number of phenols is 1. The molecule has 4 N–H and O–H groups in total. The fourth-order valence-corrected chi connectivity index (χ4v) is 4.40. The zero-order valence-electron chi connectivity index (χ0n) is 17.4. The van der Waals surface area contributed by atoms with Gasteiger partial charge in [-0.1, -0.05) is 17.7 Å². The number of carbonyl (C=O) groups is 1. The van der Waals surface area contributed by atoms with Gasteiger partial charge in [-0.3, -0.25) is 4.98 Å². The number of hydrogen-bond donors (Lipinski definition) is 3. The van der Waals surface area contributed by atoms with E-state index in [9.17, 15) is 9.90 Å². The van der Waals surface area contributed by atoms with E-state index < -0.39 is 0 Å². The van der Waals surface area contributed by atoms with Gasteiger partial charge in [-0.05, 0) is 61.1 Å². The Bertz CT molecular complexity index is 1110. The quantitative estimate of drug-likeness (QED) is 0.482. The van der Waals surface area contributed by atoms with Crippen molar-refractivity contribution in [3.63, 3.8) is 0 Å². The number of aldehydes is 1. The molecule has 1 aliphatic rings. The zero-order valence-corrected chi connectivity index (χ0v) is 18.2. The second-order valence-electron chi connectivity index (χ2n) is 8.03. The number of aromatic hydroxyl groups is 1. The summed E-state index contributed by atoms with van der Waals surface area (Å²) in [7, 11) is 1.49. The second-order valence-corrected chi connectivity index (χ2v) is 8.43. The molecule has 1 fully saturated rings. The monoisotopic (exact) mass is 439 g/mol. The number of halogens is 1. The van der Waals surface area contributed by atoms with E-state index in [1.54, 1.807) is 18.3 Å². The van der Waals surface area contributed by atoms with Crippen molar-refractivity contribution in [2.24, 2.45) is 5.73 Å². The molecule has 3 aromatic rings. The molecule has 1 aliphatic carbocycles. The zero-order chi connectivity index (χ0) is 22.0. The summed E-state index contributed by atoms with van der Waals surface area (Å²) in [6.07, 6.45) is 6.93. The van der Waals surface area contributed by atoms with Crippen LogP contribution in [0.4, 0.5) is 5.69 Å². The summed E-state index contributed by atoms with van der Waals surface area (Å²) in [6, 6.07) is 9.98. The van der Waals surface area contributed by atoms with Gasteiger partial charge in [0.05, 0.1) is 17.6 Å². The molecule has 1 saturated carbocycles. The number of nitrogens with zero attached hydrogens (tertiary/aromatic N) is 1. The highest BCUT2D eigenvalue weighted by Gasteiger charge is 2.21. The van der Waals surface area contributed by atoms with Crippen molar-refractivity contribution in [3.05, 3.63) is 47.1 Å². The summed E-state index contributed by atoms with van der Waals surface area (Å²) in [5.74, 6) is 0.230. The molecule has 0 bridgehead atoms. The summed E-state index contributed by atoms with van der Waals surface area (Å²) in [6.45, 7) is 0. The van der Waals surface area contributed by atoms with Crippen molar-refractivity contribution in [1.82, 2.24) is 4.98 Å². The van der Waals surface area contributed by atoms with Crippen LogP contribution in [-0.4, -0.2) is 35.6 Å². The number of methoxy groups -OCH3 is 1. The van der Waals surface area contributed by atoms with E-state index in [-0.39, 0.29) is 16.8 Å². The van der Waals surface area contributed by atoms with Crippen LogP contribution < -0.4 is 15.8 Å². The van der Waals surface area contributed by atoms with Crippen LogP contribution in [-0.2, 0) is 11.2 Å². The fourth-order valence-electron chi connectivity index (χ4n) is 4.19. The Morgan fingerprint density at radius 2 is 2.00 bits per heavy atom. The Morgan fingerprint density at radius 3 is 2.71 bits per heavy atom. The lowest BCUT2D eigenvalue weighted by Crippen LogP contribution is -2.33. The van der Waals surface area contributed by atoms with Crippen LogP contribution in [0.1, 0.15) is 31.2 Å². The van der Waals surface area contributed by atoms with E-state index >= 15 is 0 Å². The van der Waals surface area contributed by atoms with Crippen LogP contribution in [0, 0.1) is 0 Å². The van der Waals surface area contributed by atoms with E-state index in [0.717, 1.165) is 65.3 Å². The van der Waals surface area contributed by atoms with Gasteiger partial charge in [0.15, 0.2) is 11.5 Å². The number of rotatable bonds is 6. The second kappa shape index (κ2) is 9.12. The molecule has 0 atom stereocenters. The summed E-state index contributed by atoms with van der Waals surface area (Å²) in [5.41, 5.74) is 10.4. The van der Waals surface area contributed by atoms with Crippen LogP contribution in [0.25, 0.3) is 22.0 Å². The summed E-state index contributed by atoms with van der Waals surface area (Å²) >= 11 is 6.20. The average Bonchev–Trinajstić information content (AvgIpc) is 2.78. The van der Waals surface area contributed by atoms with Gasteiger partial charge >= 0.3 is 0 Å². The maximum Gasteiger partial charge on any atom is 0.176 e. The van der Waals surface area contributed by atoms with Gasteiger partial charge < -0.3 is 25.7 Å². The number of nitrogens with two attached hydrogens (primary N) is 1. The molecule has 1 aromatic heterocycles. The van der Waals surface area contributed by atoms with E-state index in [2.05, 4.69) is 10.3 Å². The van der Waals surface area contributed by atoms with Crippen LogP contribution in [0.3, 0.4) is 0 Å². The molecular weight excluding hydrogens is 414 g/mol.